The number of rotatable bonds is 7. The molecule has 0 spiro atoms. The number of benzene rings is 1. The van der Waals surface area contributed by atoms with E-state index in [9.17, 15) is 8.42 Å². The fourth-order valence-corrected chi connectivity index (χ4v) is 4.99. The van der Waals surface area contributed by atoms with E-state index >= 15 is 0 Å². The molecule has 0 aliphatic carbocycles. The van der Waals surface area contributed by atoms with Gasteiger partial charge in [-0.3, -0.25) is 4.90 Å². The van der Waals surface area contributed by atoms with E-state index in [-0.39, 0.29) is 4.90 Å². The topological polar surface area (TPSA) is 56.8 Å². The Balaban J connectivity index is 1.68. The first kappa shape index (κ1) is 22.8. The molecule has 0 unspecified atom stereocenters. The number of piperazine rings is 1. The molecule has 0 radical (unpaired) electrons. The second kappa shape index (κ2) is 9.54. The summed E-state index contributed by atoms with van der Waals surface area (Å²) in [7, 11) is -3.85. The van der Waals surface area contributed by atoms with Gasteiger partial charge in [0.15, 0.2) is 0 Å². The Bertz CT molecular complexity index is 923. The van der Waals surface area contributed by atoms with Crippen molar-refractivity contribution in [2.45, 2.75) is 38.5 Å². The highest BCUT2D eigenvalue weighted by atomic mass is 35.5. The molecule has 0 saturated carbocycles. The van der Waals surface area contributed by atoms with E-state index in [4.69, 9.17) is 11.8 Å². The van der Waals surface area contributed by atoms with Gasteiger partial charge in [-0.25, -0.2) is 4.98 Å². The lowest BCUT2D eigenvalue weighted by Gasteiger charge is -2.36. The molecule has 1 aliphatic rings. The van der Waals surface area contributed by atoms with Crippen LogP contribution in [0, 0.1) is 5.92 Å². The summed E-state index contributed by atoms with van der Waals surface area (Å²) in [5.74, 6) is 1.83. The number of aromatic nitrogens is 1. The Morgan fingerprint density at radius 2 is 1.63 bits per heavy atom. The van der Waals surface area contributed by atoms with Gasteiger partial charge in [0.25, 0.3) is 10.0 Å². The van der Waals surface area contributed by atoms with Crippen LogP contribution in [0.25, 0.3) is 0 Å². The zero-order valence-electron chi connectivity index (χ0n) is 18.1. The third kappa shape index (κ3) is 5.25. The standard InChI is InChI=1S/C22H31ClN4O2S/c1-17(2)16-25-11-13-26(14-12-25)22-10-7-20(15-24-22)27(23)30(28,29)21-8-5-19(6-9-21)18(3)4/h5-10,15,17-18H,11-14,16H2,1-4H3. The molecule has 8 heteroatoms. The molecule has 3 rings (SSSR count). The lowest BCUT2D eigenvalue weighted by molar-refractivity contribution is 0.231. The summed E-state index contributed by atoms with van der Waals surface area (Å²) in [5.41, 5.74) is 1.40. The molecule has 0 N–H and O–H groups in total. The number of hydrogen-bond acceptors (Lipinski definition) is 5. The second-order valence-corrected chi connectivity index (χ2v) is 10.8. The van der Waals surface area contributed by atoms with Crippen molar-refractivity contribution in [1.82, 2.24) is 9.88 Å². The average Bonchev–Trinajstić information content (AvgIpc) is 2.73. The van der Waals surface area contributed by atoms with Gasteiger partial charge in [0, 0.05) is 44.5 Å². The van der Waals surface area contributed by atoms with E-state index in [0.29, 0.717) is 17.5 Å². The van der Waals surface area contributed by atoms with Crippen LogP contribution in [0.4, 0.5) is 11.5 Å². The van der Waals surface area contributed by atoms with Crippen molar-refractivity contribution in [2.24, 2.45) is 5.92 Å². The Hall–Kier alpha value is -1.83. The van der Waals surface area contributed by atoms with E-state index in [1.54, 1.807) is 18.2 Å². The molecular weight excluding hydrogens is 420 g/mol. The Morgan fingerprint density at radius 3 is 2.13 bits per heavy atom. The van der Waals surface area contributed by atoms with Crippen LogP contribution in [-0.4, -0.2) is 51.0 Å². The van der Waals surface area contributed by atoms with Crippen LogP contribution < -0.4 is 8.72 Å². The lowest BCUT2D eigenvalue weighted by Crippen LogP contribution is -2.47. The van der Waals surface area contributed by atoms with E-state index in [0.717, 1.165) is 47.9 Å². The maximum atomic E-state index is 12.9. The maximum absolute atomic E-state index is 12.9. The van der Waals surface area contributed by atoms with Gasteiger partial charge >= 0.3 is 0 Å². The van der Waals surface area contributed by atoms with Crippen molar-refractivity contribution in [3.05, 3.63) is 48.2 Å². The number of pyridine rings is 1. The van der Waals surface area contributed by atoms with Gasteiger partial charge in [-0.2, -0.15) is 12.2 Å². The molecule has 30 heavy (non-hydrogen) atoms. The predicted molar refractivity (Wildman–Crippen MR) is 124 cm³/mol. The summed E-state index contributed by atoms with van der Waals surface area (Å²) in [5, 5.41) is 0. The van der Waals surface area contributed by atoms with Crippen molar-refractivity contribution in [1.29, 1.82) is 0 Å². The van der Waals surface area contributed by atoms with E-state index in [1.165, 1.54) is 6.20 Å². The van der Waals surface area contributed by atoms with Gasteiger partial charge in [-0.05, 0) is 41.7 Å². The highest BCUT2D eigenvalue weighted by Crippen LogP contribution is 2.28. The SMILES string of the molecule is CC(C)CN1CCN(c2ccc(N(Cl)S(=O)(=O)c3ccc(C(C)C)cc3)cn2)CC1. The first-order valence-electron chi connectivity index (χ1n) is 10.4. The van der Waals surface area contributed by atoms with Crippen LogP contribution in [0.5, 0.6) is 0 Å². The molecule has 1 aromatic carbocycles. The van der Waals surface area contributed by atoms with Gasteiger partial charge in [0.2, 0.25) is 0 Å². The summed E-state index contributed by atoms with van der Waals surface area (Å²) in [6.07, 6.45) is 1.52. The monoisotopic (exact) mass is 450 g/mol. The summed E-state index contributed by atoms with van der Waals surface area (Å²) < 4.78 is 26.5. The molecule has 0 bridgehead atoms. The first-order chi connectivity index (χ1) is 14.2. The fraction of sp³-hybridized carbons (Fsp3) is 0.500. The summed E-state index contributed by atoms with van der Waals surface area (Å²) >= 11 is 6.23. The fourth-order valence-electron chi connectivity index (χ4n) is 3.60. The highest BCUT2D eigenvalue weighted by molar-refractivity contribution is 7.94. The lowest BCUT2D eigenvalue weighted by atomic mass is 10.0. The average molecular weight is 451 g/mol. The van der Waals surface area contributed by atoms with Gasteiger partial charge in [0.1, 0.15) is 5.82 Å². The summed E-state index contributed by atoms with van der Waals surface area (Å²) in [4.78, 5) is 9.32. The quantitative estimate of drug-likeness (QED) is 0.587. The van der Waals surface area contributed by atoms with Crippen LogP contribution >= 0.6 is 11.8 Å². The minimum atomic E-state index is -3.85. The number of halogens is 1. The highest BCUT2D eigenvalue weighted by Gasteiger charge is 2.25. The Labute approximate surface area is 185 Å². The number of hydrogen-bond donors (Lipinski definition) is 0. The molecule has 1 fully saturated rings. The molecule has 6 nitrogen and oxygen atoms in total. The van der Waals surface area contributed by atoms with Crippen LogP contribution in [0.3, 0.4) is 0 Å². The van der Waals surface area contributed by atoms with Gasteiger partial charge in [-0.15, -0.1) is 0 Å². The minimum Gasteiger partial charge on any atom is -0.354 e. The third-order valence-electron chi connectivity index (χ3n) is 5.31. The number of anilines is 2. The van der Waals surface area contributed by atoms with Crippen molar-refractivity contribution in [2.75, 3.05) is 41.4 Å². The zero-order valence-corrected chi connectivity index (χ0v) is 19.7. The van der Waals surface area contributed by atoms with Crippen LogP contribution in [0.15, 0.2) is 47.5 Å². The van der Waals surface area contributed by atoms with Gasteiger partial charge < -0.3 is 4.90 Å². The van der Waals surface area contributed by atoms with Crippen molar-refractivity contribution in [3.63, 3.8) is 0 Å². The Morgan fingerprint density at radius 1 is 1.00 bits per heavy atom. The van der Waals surface area contributed by atoms with Crippen LogP contribution in [-0.2, 0) is 10.0 Å². The number of nitrogens with zero attached hydrogens (tertiary/aromatic N) is 4. The minimum absolute atomic E-state index is 0.159. The van der Waals surface area contributed by atoms with E-state index in [1.807, 2.05) is 18.2 Å². The van der Waals surface area contributed by atoms with E-state index in [2.05, 4.69) is 42.5 Å². The smallest absolute Gasteiger partial charge is 0.278 e. The third-order valence-corrected chi connectivity index (χ3v) is 7.55. The van der Waals surface area contributed by atoms with E-state index < -0.39 is 10.0 Å². The first-order valence-corrected chi connectivity index (χ1v) is 12.2. The molecule has 1 aliphatic heterocycles. The van der Waals surface area contributed by atoms with Crippen molar-refractivity contribution < 1.29 is 8.42 Å². The van der Waals surface area contributed by atoms with Crippen molar-refractivity contribution >= 4 is 33.3 Å². The van der Waals surface area contributed by atoms with Gasteiger partial charge in [-0.1, -0.05) is 39.8 Å². The summed E-state index contributed by atoms with van der Waals surface area (Å²) in [6, 6.07) is 10.4. The second-order valence-electron chi connectivity index (χ2n) is 8.50. The maximum Gasteiger partial charge on any atom is 0.278 e. The predicted octanol–water partition coefficient (Wildman–Crippen LogP) is 4.33. The molecule has 0 atom stereocenters. The van der Waals surface area contributed by atoms with Gasteiger partial charge in [0.05, 0.1) is 16.8 Å². The largest absolute Gasteiger partial charge is 0.354 e. The molecule has 2 heterocycles. The molecule has 2 aromatic rings. The molecule has 1 saturated heterocycles. The van der Waals surface area contributed by atoms with Crippen LogP contribution in [0.1, 0.15) is 39.2 Å². The molecular formula is C22H31ClN4O2S. The molecule has 1 aromatic heterocycles. The normalized spacial score (nSPS) is 15.8. The van der Waals surface area contributed by atoms with Crippen LogP contribution in [0.2, 0.25) is 0 Å². The molecule has 164 valence electrons. The zero-order chi connectivity index (χ0) is 21.9. The van der Waals surface area contributed by atoms with Crippen molar-refractivity contribution in [3.8, 4) is 0 Å². The Kier molecular flexibility index (Phi) is 7.26. The molecule has 0 amide bonds. The summed E-state index contributed by atoms with van der Waals surface area (Å²) in [6.45, 7) is 13.5. The number of sulfonamides is 1.